The number of hydrogen-bond acceptors (Lipinski definition) is 5. The van der Waals surface area contributed by atoms with Gasteiger partial charge in [0.1, 0.15) is 0 Å². The maximum Gasteiger partial charge on any atom is 0.222 e. The topological polar surface area (TPSA) is 74.8 Å². The minimum atomic E-state index is -3.39. The fraction of sp³-hybridized carbons (Fsp3) is 0.400. The molecule has 8 heteroatoms. The molecule has 28 heavy (non-hydrogen) atoms. The standard InChI is InChI=1S/C20H24N2O4S2/c23-18(19-9-5-15-27-19)8-4-10-20(24)21-11-13-22(14-12-21)28(25,26)16-17-6-2-1-3-7-17/h1-3,5-7,9,15H,4,8,10-14,16H2. The zero-order valence-electron chi connectivity index (χ0n) is 15.6. The van der Waals surface area contributed by atoms with Gasteiger partial charge in [-0.2, -0.15) is 4.31 Å². The molecule has 1 aromatic heterocycles. The molecule has 0 saturated carbocycles. The van der Waals surface area contributed by atoms with Crippen molar-refractivity contribution in [1.82, 2.24) is 9.21 Å². The van der Waals surface area contributed by atoms with Crippen molar-refractivity contribution in [2.24, 2.45) is 0 Å². The number of hydrogen-bond donors (Lipinski definition) is 0. The van der Waals surface area contributed by atoms with Crippen molar-refractivity contribution >= 4 is 33.1 Å². The first kappa shape index (κ1) is 20.7. The molecule has 0 N–H and O–H groups in total. The Kier molecular flexibility index (Phi) is 6.98. The predicted octanol–water partition coefficient (Wildman–Crippen LogP) is 2.78. The number of benzene rings is 1. The third-order valence-electron chi connectivity index (χ3n) is 4.77. The van der Waals surface area contributed by atoms with Gasteiger partial charge in [0.2, 0.25) is 15.9 Å². The van der Waals surface area contributed by atoms with Crippen LogP contribution in [0.4, 0.5) is 0 Å². The Morgan fingerprint density at radius 3 is 2.29 bits per heavy atom. The van der Waals surface area contributed by atoms with Crippen LogP contribution in [0.5, 0.6) is 0 Å². The van der Waals surface area contributed by atoms with Gasteiger partial charge in [0.25, 0.3) is 0 Å². The largest absolute Gasteiger partial charge is 0.340 e. The van der Waals surface area contributed by atoms with Crippen LogP contribution in [0.3, 0.4) is 0 Å². The van der Waals surface area contributed by atoms with Crippen molar-refractivity contribution in [3.8, 4) is 0 Å². The van der Waals surface area contributed by atoms with Gasteiger partial charge in [0.15, 0.2) is 5.78 Å². The maximum absolute atomic E-state index is 12.6. The highest BCUT2D eigenvalue weighted by atomic mass is 32.2. The van der Waals surface area contributed by atoms with E-state index in [-0.39, 0.29) is 17.4 Å². The van der Waals surface area contributed by atoms with Gasteiger partial charge in [-0.15, -0.1) is 11.3 Å². The van der Waals surface area contributed by atoms with Crippen molar-refractivity contribution in [3.63, 3.8) is 0 Å². The molecule has 0 unspecified atom stereocenters. The molecule has 6 nitrogen and oxygen atoms in total. The van der Waals surface area contributed by atoms with Crippen LogP contribution in [0.2, 0.25) is 0 Å². The fourth-order valence-corrected chi connectivity index (χ4v) is 5.42. The highest BCUT2D eigenvalue weighted by Gasteiger charge is 2.28. The number of sulfonamides is 1. The smallest absolute Gasteiger partial charge is 0.222 e. The molecule has 2 aromatic rings. The van der Waals surface area contributed by atoms with E-state index in [1.807, 2.05) is 29.6 Å². The molecule has 1 amide bonds. The Balaban J connectivity index is 1.43. The molecule has 0 bridgehead atoms. The van der Waals surface area contributed by atoms with Gasteiger partial charge in [-0.05, 0) is 23.4 Å². The van der Waals surface area contributed by atoms with E-state index in [1.165, 1.54) is 15.6 Å². The van der Waals surface area contributed by atoms with Crippen LogP contribution >= 0.6 is 11.3 Å². The molecule has 1 fully saturated rings. The van der Waals surface area contributed by atoms with Crippen molar-refractivity contribution in [2.45, 2.75) is 25.0 Å². The molecule has 0 radical (unpaired) electrons. The summed E-state index contributed by atoms with van der Waals surface area (Å²) in [5.74, 6) is 0.0332. The second-order valence-electron chi connectivity index (χ2n) is 6.78. The van der Waals surface area contributed by atoms with Crippen LogP contribution in [0.15, 0.2) is 47.8 Å². The molecule has 150 valence electrons. The highest BCUT2D eigenvalue weighted by molar-refractivity contribution is 7.88. The van der Waals surface area contributed by atoms with Gasteiger partial charge in [-0.1, -0.05) is 36.4 Å². The van der Waals surface area contributed by atoms with Gasteiger partial charge >= 0.3 is 0 Å². The lowest BCUT2D eigenvalue weighted by atomic mass is 10.1. The SMILES string of the molecule is O=C(CCCC(=O)N1CCN(S(=O)(=O)Cc2ccccc2)CC1)c1cccs1. The molecule has 0 spiro atoms. The van der Waals surface area contributed by atoms with E-state index in [2.05, 4.69) is 0 Å². The Morgan fingerprint density at radius 2 is 1.64 bits per heavy atom. The van der Waals surface area contributed by atoms with E-state index in [0.717, 1.165) is 10.4 Å². The van der Waals surface area contributed by atoms with Crippen molar-refractivity contribution < 1.29 is 18.0 Å². The van der Waals surface area contributed by atoms with Crippen LogP contribution in [0, 0.1) is 0 Å². The lowest BCUT2D eigenvalue weighted by molar-refractivity contribution is -0.132. The first-order valence-electron chi connectivity index (χ1n) is 9.32. The Labute approximate surface area is 169 Å². The van der Waals surface area contributed by atoms with Gasteiger partial charge < -0.3 is 4.90 Å². The molecule has 3 rings (SSSR count). The second kappa shape index (κ2) is 9.45. The van der Waals surface area contributed by atoms with Gasteiger partial charge in [-0.25, -0.2) is 8.42 Å². The fourth-order valence-electron chi connectivity index (χ4n) is 3.21. The minimum Gasteiger partial charge on any atom is -0.340 e. The number of carbonyl (C=O) groups excluding carboxylic acids is 2. The molecule has 1 aromatic carbocycles. The normalized spacial score (nSPS) is 15.5. The van der Waals surface area contributed by atoms with E-state index >= 15 is 0 Å². The van der Waals surface area contributed by atoms with Crippen LogP contribution in [-0.2, 0) is 20.6 Å². The van der Waals surface area contributed by atoms with E-state index in [1.54, 1.807) is 23.1 Å². The van der Waals surface area contributed by atoms with Crippen LogP contribution < -0.4 is 0 Å². The first-order valence-corrected chi connectivity index (χ1v) is 11.8. The molecule has 2 heterocycles. The Bertz CT molecular complexity index is 888. The summed E-state index contributed by atoms with van der Waals surface area (Å²) >= 11 is 1.41. The van der Waals surface area contributed by atoms with Crippen molar-refractivity contribution in [2.75, 3.05) is 26.2 Å². The summed E-state index contributed by atoms with van der Waals surface area (Å²) in [6.07, 6.45) is 1.19. The van der Waals surface area contributed by atoms with Gasteiger partial charge in [0, 0.05) is 39.0 Å². The zero-order valence-corrected chi connectivity index (χ0v) is 17.3. The molecule has 0 aliphatic carbocycles. The summed E-state index contributed by atoms with van der Waals surface area (Å²) in [7, 11) is -3.39. The van der Waals surface area contributed by atoms with Crippen LogP contribution in [0.25, 0.3) is 0 Å². The van der Waals surface area contributed by atoms with Crippen molar-refractivity contribution in [1.29, 1.82) is 0 Å². The average Bonchev–Trinajstić information content (AvgIpc) is 3.23. The van der Waals surface area contributed by atoms with Gasteiger partial charge in [-0.3, -0.25) is 9.59 Å². The third kappa shape index (κ3) is 5.50. The van der Waals surface area contributed by atoms with Crippen molar-refractivity contribution in [3.05, 3.63) is 58.3 Å². The number of amides is 1. The molecular formula is C20H24N2O4S2. The molecule has 1 saturated heterocycles. The lowest BCUT2D eigenvalue weighted by Gasteiger charge is -2.34. The van der Waals surface area contributed by atoms with E-state index in [9.17, 15) is 18.0 Å². The summed E-state index contributed by atoms with van der Waals surface area (Å²) in [6.45, 7) is 1.42. The zero-order chi connectivity index (χ0) is 20.0. The number of Topliss-reactive ketones (excluding diaryl/α,β-unsaturated/α-hetero) is 1. The second-order valence-corrected chi connectivity index (χ2v) is 9.69. The summed E-state index contributed by atoms with van der Waals surface area (Å²) < 4.78 is 26.6. The number of carbonyl (C=O) groups is 2. The third-order valence-corrected chi connectivity index (χ3v) is 7.53. The number of thiophene rings is 1. The molecule has 1 aliphatic heterocycles. The van der Waals surface area contributed by atoms with E-state index in [4.69, 9.17) is 0 Å². The Morgan fingerprint density at radius 1 is 0.929 bits per heavy atom. The highest BCUT2D eigenvalue weighted by Crippen LogP contribution is 2.16. The Hall–Kier alpha value is -2.03. The quantitative estimate of drug-likeness (QED) is 0.616. The van der Waals surface area contributed by atoms with E-state index < -0.39 is 10.0 Å². The maximum atomic E-state index is 12.6. The predicted molar refractivity (Wildman–Crippen MR) is 110 cm³/mol. The molecule has 1 aliphatic rings. The summed E-state index contributed by atoms with van der Waals surface area (Å²) in [6, 6.07) is 12.7. The lowest BCUT2D eigenvalue weighted by Crippen LogP contribution is -2.50. The summed E-state index contributed by atoms with van der Waals surface area (Å²) in [5.41, 5.74) is 0.761. The molecular weight excluding hydrogens is 396 g/mol. The molecule has 0 atom stereocenters. The van der Waals surface area contributed by atoms with E-state index in [0.29, 0.717) is 45.4 Å². The van der Waals surface area contributed by atoms with Gasteiger partial charge in [0.05, 0.1) is 10.6 Å². The number of piperazine rings is 1. The summed E-state index contributed by atoms with van der Waals surface area (Å²) in [4.78, 5) is 26.8. The number of ketones is 1. The number of rotatable bonds is 8. The number of nitrogens with zero attached hydrogens (tertiary/aromatic N) is 2. The first-order chi connectivity index (χ1) is 13.5. The van der Waals surface area contributed by atoms with Crippen LogP contribution in [-0.4, -0.2) is 55.5 Å². The van der Waals surface area contributed by atoms with Crippen LogP contribution in [0.1, 0.15) is 34.5 Å². The minimum absolute atomic E-state index is 0.0147. The summed E-state index contributed by atoms with van der Waals surface area (Å²) in [5, 5.41) is 1.86. The monoisotopic (exact) mass is 420 g/mol. The average molecular weight is 421 g/mol.